The Morgan fingerprint density at radius 2 is 2.00 bits per heavy atom. The van der Waals surface area contributed by atoms with Gasteiger partial charge in [0.25, 0.3) is 0 Å². The number of hydrogen-bond acceptors (Lipinski definition) is 3. The fraction of sp³-hybridized carbons (Fsp3) is 0.778. The summed E-state index contributed by atoms with van der Waals surface area (Å²) >= 11 is 3.17. The molecule has 14 heavy (non-hydrogen) atoms. The minimum Gasteiger partial charge on any atom is -0.465 e. The lowest BCUT2D eigenvalue weighted by atomic mass is 10.4. The number of amides is 1. The topological polar surface area (TPSA) is 46.6 Å². The van der Waals surface area contributed by atoms with Crippen LogP contribution in [-0.2, 0) is 14.3 Å². The highest BCUT2D eigenvalue weighted by atomic mass is 79.9. The number of halogens is 1. The Kier molecular flexibility index (Phi) is 6.53. The molecule has 0 fully saturated rings. The van der Waals surface area contributed by atoms with E-state index in [1.165, 1.54) is 4.90 Å². The van der Waals surface area contributed by atoms with Crippen LogP contribution in [0.15, 0.2) is 0 Å². The van der Waals surface area contributed by atoms with Crippen LogP contribution in [0.1, 0.15) is 20.8 Å². The largest absolute Gasteiger partial charge is 0.465 e. The van der Waals surface area contributed by atoms with Gasteiger partial charge in [-0.1, -0.05) is 15.9 Å². The summed E-state index contributed by atoms with van der Waals surface area (Å²) in [6, 6.07) is 0. The molecule has 5 heteroatoms. The number of esters is 1. The quantitative estimate of drug-likeness (QED) is 0.554. The number of rotatable bonds is 5. The van der Waals surface area contributed by atoms with Gasteiger partial charge in [0, 0.05) is 6.54 Å². The number of nitrogens with zero attached hydrogens (tertiary/aromatic N) is 1. The second-order valence-electron chi connectivity index (χ2n) is 2.77. The number of alkyl halides is 1. The molecule has 0 saturated carbocycles. The van der Waals surface area contributed by atoms with Gasteiger partial charge in [-0.2, -0.15) is 0 Å². The van der Waals surface area contributed by atoms with E-state index in [0.717, 1.165) is 0 Å². The van der Waals surface area contributed by atoms with E-state index >= 15 is 0 Å². The Balaban J connectivity index is 4.15. The maximum Gasteiger partial charge on any atom is 0.325 e. The normalized spacial score (nSPS) is 12.0. The second kappa shape index (κ2) is 6.81. The van der Waals surface area contributed by atoms with Crippen LogP contribution in [0.2, 0.25) is 0 Å². The van der Waals surface area contributed by atoms with Gasteiger partial charge in [0.15, 0.2) is 0 Å². The van der Waals surface area contributed by atoms with Crippen LogP contribution in [0.25, 0.3) is 0 Å². The molecule has 0 heterocycles. The smallest absolute Gasteiger partial charge is 0.325 e. The molecule has 0 radical (unpaired) electrons. The second-order valence-corrected chi connectivity index (χ2v) is 4.15. The molecule has 82 valence electrons. The fourth-order valence-corrected chi connectivity index (χ4v) is 1.25. The first-order valence-electron chi connectivity index (χ1n) is 4.61. The fourth-order valence-electron chi connectivity index (χ4n) is 0.960. The van der Waals surface area contributed by atoms with Crippen molar-refractivity contribution in [2.24, 2.45) is 0 Å². The van der Waals surface area contributed by atoms with E-state index in [1.54, 1.807) is 13.8 Å². The van der Waals surface area contributed by atoms with E-state index in [0.29, 0.717) is 13.2 Å². The van der Waals surface area contributed by atoms with E-state index in [-0.39, 0.29) is 23.2 Å². The zero-order chi connectivity index (χ0) is 11.1. The lowest BCUT2D eigenvalue weighted by Gasteiger charge is -2.20. The molecule has 1 unspecified atom stereocenters. The summed E-state index contributed by atoms with van der Waals surface area (Å²) in [4.78, 5) is 23.8. The van der Waals surface area contributed by atoms with Crippen LogP contribution in [0, 0.1) is 0 Å². The average molecular weight is 266 g/mol. The summed E-state index contributed by atoms with van der Waals surface area (Å²) in [5, 5.41) is 0. The highest BCUT2D eigenvalue weighted by Crippen LogP contribution is 2.03. The first-order chi connectivity index (χ1) is 6.52. The molecule has 1 atom stereocenters. The van der Waals surface area contributed by atoms with Gasteiger partial charge < -0.3 is 9.64 Å². The van der Waals surface area contributed by atoms with E-state index in [9.17, 15) is 9.59 Å². The van der Waals surface area contributed by atoms with E-state index < -0.39 is 0 Å². The number of likely N-dealkylation sites (N-methyl/N-ethyl adjacent to an activating group) is 1. The van der Waals surface area contributed by atoms with Crippen LogP contribution < -0.4 is 0 Å². The summed E-state index contributed by atoms with van der Waals surface area (Å²) in [6.07, 6.45) is 0. The zero-order valence-corrected chi connectivity index (χ0v) is 10.3. The van der Waals surface area contributed by atoms with Crippen LogP contribution in [0.3, 0.4) is 0 Å². The molecule has 0 aromatic carbocycles. The molecule has 0 bridgehead atoms. The van der Waals surface area contributed by atoms with E-state index in [1.807, 2.05) is 6.92 Å². The van der Waals surface area contributed by atoms with Gasteiger partial charge in [0.05, 0.1) is 11.4 Å². The Morgan fingerprint density at radius 3 is 2.36 bits per heavy atom. The van der Waals surface area contributed by atoms with Crippen molar-refractivity contribution in [1.29, 1.82) is 0 Å². The van der Waals surface area contributed by atoms with Gasteiger partial charge in [-0.05, 0) is 20.8 Å². The minimum atomic E-state index is -0.365. The Hall–Kier alpha value is -0.580. The molecule has 0 aromatic heterocycles. The molecule has 4 nitrogen and oxygen atoms in total. The van der Waals surface area contributed by atoms with Crippen LogP contribution in [-0.4, -0.2) is 41.3 Å². The Labute approximate surface area is 92.7 Å². The van der Waals surface area contributed by atoms with Gasteiger partial charge >= 0.3 is 5.97 Å². The van der Waals surface area contributed by atoms with Gasteiger partial charge in [-0.25, -0.2) is 0 Å². The Bertz CT molecular complexity index is 206. The summed E-state index contributed by atoms with van der Waals surface area (Å²) in [7, 11) is 0. The highest BCUT2D eigenvalue weighted by Gasteiger charge is 2.19. The zero-order valence-electron chi connectivity index (χ0n) is 8.75. The summed E-state index contributed by atoms with van der Waals surface area (Å²) < 4.78 is 4.76. The third-order valence-electron chi connectivity index (χ3n) is 1.66. The number of hydrogen-bond donors (Lipinski definition) is 0. The van der Waals surface area contributed by atoms with Crippen molar-refractivity contribution in [3.05, 3.63) is 0 Å². The van der Waals surface area contributed by atoms with Crippen molar-refractivity contribution >= 4 is 27.8 Å². The number of carbonyl (C=O) groups excluding carboxylic acids is 2. The van der Waals surface area contributed by atoms with E-state index in [2.05, 4.69) is 15.9 Å². The van der Waals surface area contributed by atoms with Crippen molar-refractivity contribution in [2.45, 2.75) is 25.6 Å². The predicted molar refractivity (Wildman–Crippen MR) is 57.3 cm³/mol. The monoisotopic (exact) mass is 265 g/mol. The Morgan fingerprint density at radius 1 is 1.43 bits per heavy atom. The molecule has 0 rings (SSSR count). The molecule has 0 N–H and O–H groups in total. The summed E-state index contributed by atoms with van der Waals surface area (Å²) in [5.74, 6) is -0.462. The SMILES string of the molecule is CCOC(=O)CN(CC)C(=O)C(C)Br. The van der Waals surface area contributed by atoms with Gasteiger partial charge in [0.2, 0.25) is 5.91 Å². The van der Waals surface area contributed by atoms with Gasteiger partial charge in [-0.3, -0.25) is 9.59 Å². The third-order valence-corrected chi connectivity index (χ3v) is 2.05. The molecule has 0 aromatic rings. The number of ether oxygens (including phenoxy) is 1. The first-order valence-corrected chi connectivity index (χ1v) is 5.52. The highest BCUT2D eigenvalue weighted by molar-refractivity contribution is 9.10. The molecule has 1 amide bonds. The van der Waals surface area contributed by atoms with Crippen molar-refractivity contribution in [3.8, 4) is 0 Å². The molecular weight excluding hydrogens is 250 g/mol. The van der Waals surface area contributed by atoms with Crippen molar-refractivity contribution in [1.82, 2.24) is 4.90 Å². The number of carbonyl (C=O) groups is 2. The van der Waals surface area contributed by atoms with Gasteiger partial charge in [-0.15, -0.1) is 0 Å². The van der Waals surface area contributed by atoms with Crippen molar-refractivity contribution in [3.63, 3.8) is 0 Å². The van der Waals surface area contributed by atoms with Crippen LogP contribution in [0.5, 0.6) is 0 Å². The summed E-state index contributed by atoms with van der Waals surface area (Å²) in [5.41, 5.74) is 0. The molecular formula is C9H16BrNO3. The lowest BCUT2D eigenvalue weighted by Crippen LogP contribution is -2.39. The molecule has 0 aliphatic rings. The van der Waals surface area contributed by atoms with Crippen molar-refractivity contribution < 1.29 is 14.3 Å². The summed E-state index contributed by atoms with van der Waals surface area (Å²) in [6.45, 7) is 6.17. The third kappa shape index (κ3) is 4.60. The lowest BCUT2D eigenvalue weighted by molar-refractivity contribution is -0.148. The maximum absolute atomic E-state index is 11.5. The minimum absolute atomic E-state index is 0.0269. The molecule has 0 aliphatic carbocycles. The van der Waals surface area contributed by atoms with Crippen LogP contribution >= 0.6 is 15.9 Å². The predicted octanol–water partition coefficient (Wildman–Crippen LogP) is 1.18. The molecule has 0 saturated heterocycles. The maximum atomic E-state index is 11.5. The molecule has 0 aliphatic heterocycles. The van der Waals surface area contributed by atoms with Crippen LogP contribution in [0.4, 0.5) is 0 Å². The first kappa shape index (κ1) is 13.4. The van der Waals surface area contributed by atoms with E-state index in [4.69, 9.17) is 4.74 Å². The molecule has 0 spiro atoms. The standard InChI is InChI=1S/C9H16BrNO3/c1-4-11(9(13)7(3)10)6-8(12)14-5-2/h7H,4-6H2,1-3H3. The van der Waals surface area contributed by atoms with Gasteiger partial charge in [0.1, 0.15) is 6.54 Å². The van der Waals surface area contributed by atoms with Crippen molar-refractivity contribution in [2.75, 3.05) is 19.7 Å². The average Bonchev–Trinajstić information content (AvgIpc) is 2.13.